The van der Waals surface area contributed by atoms with Crippen LogP contribution in [0.4, 0.5) is 35.1 Å². The van der Waals surface area contributed by atoms with E-state index < -0.39 is 92.1 Å². The Balaban J connectivity index is 1.34. The van der Waals surface area contributed by atoms with Gasteiger partial charge in [0, 0.05) is 11.1 Å². The van der Waals surface area contributed by atoms with E-state index in [1.165, 1.54) is 12.1 Å². The minimum Gasteiger partial charge on any atom is -0.505 e. The smallest absolute Gasteiger partial charge is 0.204 e. The molecule has 8 rings (SSSR count). The standard InChI is InChI=1S/C38H20F8N6O4/c1-55-37-31(43)27(39)25(28(40)32(37)44)19-13-51(49-47-19)21-11-15-7-3-5-9-17(15)23(35(21)53)24-18-10-6-4-8-16(18)12-22(36(24)54)52-14-20(48-50-52)26-29(41)33(45)38(56-2)34(46)30(26)42/h3-14,53-54H,1-2H3. The molecule has 2 N–H and O–H groups in total. The molecule has 282 valence electrons. The van der Waals surface area contributed by atoms with Crippen LogP contribution in [0.25, 0.3) is 66.6 Å². The Hall–Kier alpha value is -7.24. The fraction of sp³-hybridized carbons (Fsp3) is 0.0526. The Morgan fingerprint density at radius 3 is 1.16 bits per heavy atom. The number of phenols is 2. The molecule has 6 aromatic carbocycles. The molecule has 0 unspecified atom stereocenters. The summed E-state index contributed by atoms with van der Waals surface area (Å²) in [6.45, 7) is 0. The second-order valence-corrected chi connectivity index (χ2v) is 12.1. The summed E-state index contributed by atoms with van der Waals surface area (Å²) in [5.74, 6) is -18.2. The van der Waals surface area contributed by atoms with Crippen LogP contribution in [0.3, 0.4) is 0 Å². The van der Waals surface area contributed by atoms with Gasteiger partial charge in [-0.2, -0.15) is 17.6 Å². The van der Waals surface area contributed by atoms with E-state index in [1.54, 1.807) is 48.5 Å². The molecule has 0 fully saturated rings. The number of aromatic hydroxyl groups is 2. The molecular formula is C38H20F8N6O4. The highest BCUT2D eigenvalue weighted by Gasteiger charge is 2.31. The van der Waals surface area contributed by atoms with Gasteiger partial charge in [0.15, 0.2) is 34.8 Å². The molecule has 0 radical (unpaired) electrons. The molecule has 0 aliphatic heterocycles. The quantitative estimate of drug-likeness (QED) is 0.122. The van der Waals surface area contributed by atoms with Crippen LogP contribution in [0.1, 0.15) is 0 Å². The van der Waals surface area contributed by atoms with Crippen molar-refractivity contribution >= 4 is 21.5 Å². The predicted octanol–water partition coefficient (Wildman–Crippen LogP) is 8.70. The van der Waals surface area contributed by atoms with Crippen molar-refractivity contribution in [3.8, 4) is 68.0 Å². The summed E-state index contributed by atoms with van der Waals surface area (Å²) in [6, 6.07) is 15.9. The molecule has 18 heteroatoms. The number of nitrogens with zero attached hydrogens (tertiary/aromatic N) is 6. The molecule has 0 atom stereocenters. The second-order valence-electron chi connectivity index (χ2n) is 12.1. The normalized spacial score (nSPS) is 11.5. The van der Waals surface area contributed by atoms with Gasteiger partial charge in [-0.3, -0.25) is 0 Å². The average Bonchev–Trinajstić information content (AvgIpc) is 3.88. The maximum absolute atomic E-state index is 15.0. The Kier molecular flexibility index (Phi) is 8.47. The lowest BCUT2D eigenvalue weighted by atomic mass is 9.91. The number of fused-ring (bicyclic) bond motifs is 2. The number of phenolic OH excluding ortho intramolecular Hbond substituents is 2. The minimum atomic E-state index is -1.81. The van der Waals surface area contributed by atoms with Gasteiger partial charge in [0.25, 0.3) is 0 Å². The minimum absolute atomic E-state index is 0.0266. The molecule has 2 aromatic heterocycles. The topological polar surface area (TPSA) is 120 Å². The maximum Gasteiger partial charge on any atom is 0.204 e. The Morgan fingerprint density at radius 1 is 0.482 bits per heavy atom. The van der Waals surface area contributed by atoms with Crippen molar-refractivity contribution in [1.82, 2.24) is 30.0 Å². The van der Waals surface area contributed by atoms with Crippen LogP contribution < -0.4 is 9.47 Å². The third-order valence-corrected chi connectivity index (χ3v) is 9.10. The maximum atomic E-state index is 15.0. The summed E-state index contributed by atoms with van der Waals surface area (Å²) in [5.41, 5.74) is -4.10. The number of hydrogen-bond acceptors (Lipinski definition) is 8. The van der Waals surface area contributed by atoms with Crippen molar-refractivity contribution in [3.05, 3.63) is 120 Å². The van der Waals surface area contributed by atoms with Crippen LogP contribution in [0.5, 0.6) is 23.0 Å². The van der Waals surface area contributed by atoms with Crippen LogP contribution in [0.15, 0.2) is 73.1 Å². The summed E-state index contributed by atoms with van der Waals surface area (Å²) in [5, 5.41) is 40.7. The summed E-state index contributed by atoms with van der Waals surface area (Å²) in [7, 11) is 1.65. The van der Waals surface area contributed by atoms with E-state index in [4.69, 9.17) is 0 Å². The van der Waals surface area contributed by atoms with E-state index >= 15 is 17.6 Å². The third-order valence-electron chi connectivity index (χ3n) is 9.10. The van der Waals surface area contributed by atoms with Gasteiger partial charge in [0.2, 0.25) is 23.3 Å². The van der Waals surface area contributed by atoms with Crippen molar-refractivity contribution in [3.63, 3.8) is 0 Å². The van der Waals surface area contributed by atoms with E-state index in [2.05, 4.69) is 30.1 Å². The fourth-order valence-corrected chi connectivity index (χ4v) is 6.52. The highest BCUT2D eigenvalue weighted by Crippen LogP contribution is 2.49. The summed E-state index contributed by atoms with van der Waals surface area (Å²) in [4.78, 5) is 0. The number of methoxy groups -OCH3 is 2. The van der Waals surface area contributed by atoms with Gasteiger partial charge in [0.1, 0.15) is 34.3 Å². The van der Waals surface area contributed by atoms with E-state index in [0.29, 0.717) is 21.5 Å². The lowest BCUT2D eigenvalue weighted by Gasteiger charge is -2.18. The first-order valence-electron chi connectivity index (χ1n) is 16.0. The summed E-state index contributed by atoms with van der Waals surface area (Å²) in [6.07, 6.45) is 1.82. The molecule has 56 heavy (non-hydrogen) atoms. The highest BCUT2D eigenvalue weighted by molar-refractivity contribution is 6.12. The van der Waals surface area contributed by atoms with Gasteiger partial charge in [-0.25, -0.2) is 26.9 Å². The van der Waals surface area contributed by atoms with E-state index in [1.807, 2.05) is 0 Å². The van der Waals surface area contributed by atoms with Crippen molar-refractivity contribution in [2.45, 2.75) is 0 Å². The lowest BCUT2D eigenvalue weighted by Crippen LogP contribution is -2.04. The molecule has 0 bridgehead atoms. The second kappa shape index (κ2) is 13.3. The monoisotopic (exact) mass is 776 g/mol. The highest BCUT2D eigenvalue weighted by atomic mass is 19.2. The van der Waals surface area contributed by atoms with Crippen molar-refractivity contribution in [2.75, 3.05) is 14.2 Å². The SMILES string of the molecule is COc1c(F)c(F)c(-c2cn(-c3cc4ccccc4c(-c4c(O)c(-n5cc(-c6c(F)c(F)c(OC)c(F)c6F)nn5)cc5ccccc45)c3O)nn2)c(F)c1F. The molecule has 10 nitrogen and oxygen atoms in total. The molecule has 0 amide bonds. The molecule has 0 aliphatic rings. The first-order valence-corrected chi connectivity index (χ1v) is 16.0. The Labute approximate surface area is 308 Å². The first kappa shape index (κ1) is 35.8. The van der Waals surface area contributed by atoms with Crippen LogP contribution in [0, 0.1) is 46.5 Å². The Bertz CT molecular complexity index is 2680. The zero-order valence-electron chi connectivity index (χ0n) is 28.3. The zero-order valence-corrected chi connectivity index (χ0v) is 28.3. The molecule has 2 heterocycles. The van der Waals surface area contributed by atoms with Crippen molar-refractivity contribution < 1.29 is 54.8 Å². The van der Waals surface area contributed by atoms with E-state index in [-0.39, 0.29) is 22.5 Å². The lowest BCUT2D eigenvalue weighted by molar-refractivity contribution is 0.333. The number of rotatable bonds is 7. The van der Waals surface area contributed by atoms with Gasteiger partial charge >= 0.3 is 0 Å². The van der Waals surface area contributed by atoms with Gasteiger partial charge in [-0.15, -0.1) is 10.2 Å². The number of hydrogen-bond donors (Lipinski definition) is 2. The number of halogens is 8. The largest absolute Gasteiger partial charge is 0.505 e. The molecule has 0 aliphatic carbocycles. The van der Waals surface area contributed by atoms with Crippen LogP contribution >= 0.6 is 0 Å². The third kappa shape index (κ3) is 5.24. The van der Waals surface area contributed by atoms with Crippen molar-refractivity contribution in [2.24, 2.45) is 0 Å². The molecule has 0 saturated heterocycles. The van der Waals surface area contributed by atoms with Gasteiger partial charge in [-0.05, 0) is 33.7 Å². The molecule has 0 spiro atoms. The zero-order chi connectivity index (χ0) is 39.7. The molecular weight excluding hydrogens is 756 g/mol. The van der Waals surface area contributed by atoms with Crippen LogP contribution in [-0.2, 0) is 0 Å². The number of ether oxygens (including phenoxy) is 2. The van der Waals surface area contributed by atoms with Gasteiger partial charge in [-0.1, -0.05) is 59.0 Å². The Morgan fingerprint density at radius 2 is 0.821 bits per heavy atom. The molecule has 8 aromatic rings. The number of benzene rings is 6. The summed E-state index contributed by atoms with van der Waals surface area (Å²) >= 11 is 0. The van der Waals surface area contributed by atoms with Crippen molar-refractivity contribution in [1.29, 1.82) is 0 Å². The average molecular weight is 777 g/mol. The van der Waals surface area contributed by atoms with Gasteiger partial charge < -0.3 is 19.7 Å². The number of aromatic nitrogens is 6. The van der Waals surface area contributed by atoms with Gasteiger partial charge in [0.05, 0.1) is 37.7 Å². The van der Waals surface area contributed by atoms with E-state index in [9.17, 15) is 27.8 Å². The van der Waals surface area contributed by atoms with Crippen LogP contribution in [-0.4, -0.2) is 54.4 Å². The van der Waals surface area contributed by atoms with Crippen LogP contribution in [0.2, 0.25) is 0 Å². The predicted molar refractivity (Wildman–Crippen MR) is 184 cm³/mol. The van der Waals surface area contributed by atoms with E-state index in [0.717, 1.165) is 36.0 Å². The summed E-state index contributed by atoms with van der Waals surface area (Å²) < 4.78 is 129. The fourth-order valence-electron chi connectivity index (χ4n) is 6.52. The molecule has 0 saturated carbocycles. The first-order chi connectivity index (χ1) is 26.9.